The van der Waals surface area contributed by atoms with E-state index in [-0.39, 0.29) is 24.6 Å². The Bertz CT molecular complexity index is 1940. The van der Waals surface area contributed by atoms with Gasteiger partial charge in [0.25, 0.3) is 5.91 Å². The highest BCUT2D eigenvalue weighted by molar-refractivity contribution is 9.11. The van der Waals surface area contributed by atoms with E-state index in [1.54, 1.807) is 24.3 Å². The molecule has 2 N–H and O–H groups in total. The van der Waals surface area contributed by atoms with Gasteiger partial charge in [-0.1, -0.05) is 129 Å². The largest absolute Gasteiger partial charge is 0.474 e. The molecule has 0 bridgehead atoms. The predicted octanol–water partition coefficient (Wildman–Crippen LogP) is 9.15. The zero-order valence-electron chi connectivity index (χ0n) is 25.8. The molecule has 0 saturated carbocycles. The summed E-state index contributed by atoms with van der Waals surface area (Å²) in [5.41, 5.74) is 4.26. The first kappa shape index (κ1) is 35.6. The fourth-order valence-electron chi connectivity index (χ4n) is 5.32. The average Bonchev–Trinajstić information content (AvgIpc) is 3.09. The van der Waals surface area contributed by atoms with E-state index >= 15 is 0 Å². The van der Waals surface area contributed by atoms with Gasteiger partial charge in [0.05, 0.1) is 5.56 Å². The van der Waals surface area contributed by atoms with Crippen LogP contribution in [0.1, 0.15) is 32.6 Å². The quantitative estimate of drug-likeness (QED) is 0.138. The monoisotopic (exact) mass is 792 g/mol. The number of nitrogens with zero attached hydrogens (tertiary/aromatic N) is 1. The maximum Gasteiger partial charge on any atom is 0.417 e. The number of halogens is 5. The molecule has 0 aliphatic heterocycles. The molecule has 2 amide bonds. The van der Waals surface area contributed by atoms with Crippen LogP contribution in [-0.2, 0) is 35.3 Å². The number of alkyl halides is 3. The number of aliphatic carboxylic acids is 1. The van der Waals surface area contributed by atoms with Crippen molar-refractivity contribution in [3.05, 3.63) is 152 Å². The maximum absolute atomic E-state index is 13.5. The third-order valence-electron chi connectivity index (χ3n) is 7.85. The lowest BCUT2D eigenvalue weighted by Gasteiger charge is -2.23. The van der Waals surface area contributed by atoms with E-state index in [9.17, 15) is 32.7 Å². The second-order valence-electron chi connectivity index (χ2n) is 11.2. The standard InChI is InChI=1S/C38H29Br2F3N2O4/c39-33-20-29(35(46)44-19-18-24-10-14-27(15-11-24)26-6-2-1-3-7-26)21-34(40)31(33)23-45(36(47)37(48)49)22-25-12-16-28(17-13-25)30-8-4-5-9-32(30)38(41,42)43/h1-17,20-21H,18-19,22-23H2,(H,44,46)(H,48,49). The van der Waals surface area contributed by atoms with Crippen molar-refractivity contribution in [3.8, 4) is 22.3 Å². The molecule has 0 saturated heterocycles. The number of amides is 2. The minimum atomic E-state index is -4.53. The van der Waals surface area contributed by atoms with Crippen molar-refractivity contribution in [3.63, 3.8) is 0 Å². The van der Waals surface area contributed by atoms with Crippen LogP contribution in [-0.4, -0.2) is 34.3 Å². The number of nitrogens with one attached hydrogen (secondary N) is 1. The molecule has 250 valence electrons. The molecule has 6 nitrogen and oxygen atoms in total. The Morgan fingerprint density at radius 2 is 1.24 bits per heavy atom. The predicted molar refractivity (Wildman–Crippen MR) is 189 cm³/mol. The molecule has 0 heterocycles. The lowest BCUT2D eigenvalue weighted by atomic mass is 9.98. The van der Waals surface area contributed by atoms with Crippen molar-refractivity contribution < 1.29 is 32.7 Å². The minimum absolute atomic E-state index is 0.00879. The summed E-state index contributed by atoms with van der Waals surface area (Å²) in [6.45, 7) is 0.146. The molecule has 0 spiro atoms. The first-order valence-corrected chi connectivity index (χ1v) is 16.7. The van der Waals surface area contributed by atoms with Gasteiger partial charge in [-0.3, -0.25) is 9.59 Å². The van der Waals surface area contributed by atoms with E-state index in [0.717, 1.165) is 27.7 Å². The second kappa shape index (κ2) is 15.7. The number of hydrogen-bond donors (Lipinski definition) is 2. The molecule has 49 heavy (non-hydrogen) atoms. The van der Waals surface area contributed by atoms with Crippen LogP contribution in [0.25, 0.3) is 22.3 Å². The Labute approximate surface area is 297 Å². The van der Waals surface area contributed by atoms with Crippen LogP contribution in [0, 0.1) is 0 Å². The number of carboxylic acids is 1. The fourth-order valence-corrected chi connectivity index (χ4v) is 6.76. The number of carbonyl (C=O) groups is 3. The van der Waals surface area contributed by atoms with E-state index in [1.807, 2.05) is 54.6 Å². The molecular weight excluding hydrogens is 765 g/mol. The fraction of sp³-hybridized carbons (Fsp3) is 0.132. The van der Waals surface area contributed by atoms with Gasteiger partial charge in [-0.05, 0) is 63.6 Å². The Morgan fingerprint density at radius 1 is 0.694 bits per heavy atom. The molecule has 5 aromatic carbocycles. The summed E-state index contributed by atoms with van der Waals surface area (Å²) >= 11 is 6.94. The summed E-state index contributed by atoms with van der Waals surface area (Å²) < 4.78 is 41.6. The van der Waals surface area contributed by atoms with Crippen molar-refractivity contribution in [2.24, 2.45) is 0 Å². The van der Waals surface area contributed by atoms with Crippen LogP contribution in [0.4, 0.5) is 13.2 Å². The smallest absolute Gasteiger partial charge is 0.417 e. The molecule has 0 fully saturated rings. The SMILES string of the molecule is O=C(O)C(=O)N(Cc1ccc(-c2ccccc2C(F)(F)F)cc1)Cc1c(Br)cc(C(=O)NCCc2ccc(-c3ccccc3)cc2)cc1Br. The summed E-state index contributed by atoms with van der Waals surface area (Å²) in [7, 11) is 0. The first-order chi connectivity index (χ1) is 23.4. The van der Waals surface area contributed by atoms with Crippen molar-refractivity contribution in [1.82, 2.24) is 10.2 Å². The van der Waals surface area contributed by atoms with E-state index < -0.39 is 23.6 Å². The topological polar surface area (TPSA) is 86.7 Å². The third kappa shape index (κ3) is 9.04. The first-order valence-electron chi connectivity index (χ1n) is 15.1. The number of rotatable bonds is 10. The highest BCUT2D eigenvalue weighted by atomic mass is 79.9. The summed E-state index contributed by atoms with van der Waals surface area (Å²) in [5.74, 6) is -3.13. The molecule has 0 unspecified atom stereocenters. The van der Waals surface area contributed by atoms with Gasteiger partial charge in [0.2, 0.25) is 0 Å². The van der Waals surface area contributed by atoms with Crippen molar-refractivity contribution >= 4 is 49.6 Å². The molecule has 5 aromatic rings. The van der Waals surface area contributed by atoms with Gasteiger partial charge >= 0.3 is 18.1 Å². The van der Waals surface area contributed by atoms with Crippen LogP contribution >= 0.6 is 31.9 Å². The van der Waals surface area contributed by atoms with Gasteiger partial charge in [0.1, 0.15) is 0 Å². The molecular formula is C38H29Br2F3N2O4. The van der Waals surface area contributed by atoms with E-state index in [0.29, 0.717) is 44.2 Å². The zero-order valence-corrected chi connectivity index (χ0v) is 29.0. The Kier molecular flexibility index (Phi) is 11.4. The molecule has 0 radical (unpaired) electrons. The zero-order chi connectivity index (χ0) is 35.1. The highest BCUT2D eigenvalue weighted by Gasteiger charge is 2.33. The summed E-state index contributed by atoms with van der Waals surface area (Å²) in [5, 5.41) is 12.4. The van der Waals surface area contributed by atoms with E-state index in [1.165, 1.54) is 30.3 Å². The molecule has 0 aliphatic carbocycles. The van der Waals surface area contributed by atoms with Crippen LogP contribution in [0.3, 0.4) is 0 Å². The Balaban J connectivity index is 1.25. The van der Waals surface area contributed by atoms with E-state index in [2.05, 4.69) is 37.2 Å². The normalized spacial score (nSPS) is 11.2. The average molecular weight is 794 g/mol. The Morgan fingerprint density at radius 3 is 1.86 bits per heavy atom. The van der Waals surface area contributed by atoms with Gasteiger partial charge in [-0.15, -0.1) is 0 Å². The highest BCUT2D eigenvalue weighted by Crippen LogP contribution is 2.37. The van der Waals surface area contributed by atoms with Crippen LogP contribution in [0.15, 0.2) is 124 Å². The van der Waals surface area contributed by atoms with Gasteiger partial charge < -0.3 is 15.3 Å². The second-order valence-corrected chi connectivity index (χ2v) is 12.9. The summed E-state index contributed by atoms with van der Waals surface area (Å²) in [6, 6.07) is 32.7. The van der Waals surface area contributed by atoms with Gasteiger partial charge in [-0.25, -0.2) is 4.79 Å². The summed E-state index contributed by atoms with van der Waals surface area (Å²) in [6.07, 6.45) is -3.91. The molecule has 0 aliphatic rings. The van der Waals surface area contributed by atoms with Crippen LogP contribution in [0.2, 0.25) is 0 Å². The molecule has 0 atom stereocenters. The number of benzene rings is 5. The van der Waals surface area contributed by atoms with Gasteiger partial charge in [-0.2, -0.15) is 13.2 Å². The number of carbonyl (C=O) groups excluding carboxylic acids is 2. The molecule has 5 rings (SSSR count). The lowest BCUT2D eigenvalue weighted by molar-refractivity contribution is -0.156. The summed E-state index contributed by atoms with van der Waals surface area (Å²) in [4.78, 5) is 38.5. The number of carboxylic acid groups (broad SMARTS) is 1. The van der Waals surface area contributed by atoms with Crippen LogP contribution < -0.4 is 5.32 Å². The lowest BCUT2D eigenvalue weighted by Crippen LogP contribution is -2.35. The Hall–Kier alpha value is -4.74. The van der Waals surface area contributed by atoms with Crippen molar-refractivity contribution in [1.29, 1.82) is 0 Å². The third-order valence-corrected chi connectivity index (χ3v) is 9.27. The minimum Gasteiger partial charge on any atom is -0.474 e. The van der Waals surface area contributed by atoms with Crippen molar-refractivity contribution in [2.75, 3.05) is 6.54 Å². The molecule has 0 aromatic heterocycles. The maximum atomic E-state index is 13.5. The van der Waals surface area contributed by atoms with Crippen LogP contribution in [0.5, 0.6) is 0 Å². The van der Waals surface area contributed by atoms with Gasteiger partial charge in [0.15, 0.2) is 0 Å². The molecule has 11 heteroatoms. The van der Waals surface area contributed by atoms with E-state index in [4.69, 9.17) is 0 Å². The number of hydrogen-bond acceptors (Lipinski definition) is 3. The van der Waals surface area contributed by atoms with Crippen molar-refractivity contribution in [2.45, 2.75) is 25.7 Å². The van der Waals surface area contributed by atoms with Gasteiger partial charge in [0, 0.05) is 34.1 Å².